The van der Waals surface area contributed by atoms with E-state index in [0.29, 0.717) is 22.8 Å². The van der Waals surface area contributed by atoms with Crippen molar-refractivity contribution in [3.8, 4) is 0 Å². The normalized spacial score (nSPS) is 10.8. The van der Waals surface area contributed by atoms with Crippen molar-refractivity contribution in [2.24, 2.45) is 0 Å². The molecule has 2 heterocycles. The molecule has 0 aliphatic rings. The number of carbonyl (C=O) groups is 1. The number of benzene rings is 1. The number of aromatic nitrogens is 2. The molecule has 0 bridgehead atoms. The third-order valence-corrected chi connectivity index (χ3v) is 4.02. The minimum absolute atomic E-state index is 0.0639. The van der Waals surface area contributed by atoms with E-state index in [0.717, 1.165) is 11.1 Å². The van der Waals surface area contributed by atoms with Crippen LogP contribution >= 0.6 is 11.6 Å². The number of rotatable bonds is 3. The van der Waals surface area contributed by atoms with Crippen molar-refractivity contribution in [3.63, 3.8) is 0 Å². The Morgan fingerprint density at radius 3 is 2.75 bits per heavy atom. The van der Waals surface area contributed by atoms with E-state index in [9.17, 15) is 9.59 Å². The van der Waals surface area contributed by atoms with Gasteiger partial charge >= 0.3 is 0 Å². The molecule has 1 amide bonds. The van der Waals surface area contributed by atoms with E-state index in [1.54, 1.807) is 36.7 Å². The third kappa shape index (κ3) is 3.03. The minimum atomic E-state index is -0.486. The van der Waals surface area contributed by atoms with Gasteiger partial charge in [0.1, 0.15) is 11.4 Å². The maximum Gasteiger partial charge on any atom is 0.262 e. The van der Waals surface area contributed by atoms with Crippen LogP contribution in [0.4, 0.5) is 5.82 Å². The SMILES string of the molecule is CCn1cc(C(=O)Nc2ccc(C)cn2)c(=O)c2cc(Cl)ccc21. The lowest BCUT2D eigenvalue weighted by molar-refractivity contribution is 0.102. The van der Waals surface area contributed by atoms with Crippen molar-refractivity contribution >= 4 is 34.2 Å². The molecule has 3 aromatic rings. The van der Waals surface area contributed by atoms with Crippen molar-refractivity contribution in [1.29, 1.82) is 0 Å². The second kappa shape index (κ2) is 6.45. The third-order valence-electron chi connectivity index (χ3n) is 3.78. The summed E-state index contributed by atoms with van der Waals surface area (Å²) in [6.45, 7) is 4.48. The van der Waals surface area contributed by atoms with E-state index < -0.39 is 5.91 Å². The van der Waals surface area contributed by atoms with Crippen LogP contribution in [0, 0.1) is 6.92 Å². The summed E-state index contributed by atoms with van der Waals surface area (Å²) in [5.41, 5.74) is 1.45. The number of pyridine rings is 2. The lowest BCUT2D eigenvalue weighted by Gasteiger charge is -2.12. The molecule has 122 valence electrons. The summed E-state index contributed by atoms with van der Waals surface area (Å²) in [7, 11) is 0. The van der Waals surface area contributed by atoms with Gasteiger partial charge in [-0.3, -0.25) is 9.59 Å². The number of anilines is 1. The summed E-state index contributed by atoms with van der Waals surface area (Å²) < 4.78 is 1.85. The van der Waals surface area contributed by atoms with Gasteiger partial charge < -0.3 is 9.88 Å². The monoisotopic (exact) mass is 341 g/mol. The van der Waals surface area contributed by atoms with E-state index in [4.69, 9.17) is 11.6 Å². The molecule has 0 spiro atoms. The lowest BCUT2D eigenvalue weighted by atomic mass is 10.1. The van der Waals surface area contributed by atoms with Gasteiger partial charge in [0.05, 0.1) is 5.52 Å². The van der Waals surface area contributed by atoms with Gasteiger partial charge in [0, 0.05) is 29.3 Å². The molecule has 1 N–H and O–H groups in total. The highest BCUT2D eigenvalue weighted by Gasteiger charge is 2.16. The molecule has 0 atom stereocenters. The molecule has 24 heavy (non-hydrogen) atoms. The van der Waals surface area contributed by atoms with Crippen LogP contribution in [-0.4, -0.2) is 15.5 Å². The summed E-state index contributed by atoms with van der Waals surface area (Å²) in [6.07, 6.45) is 3.22. The molecule has 6 heteroatoms. The quantitative estimate of drug-likeness (QED) is 0.791. The van der Waals surface area contributed by atoms with Crippen LogP contribution in [0.25, 0.3) is 10.9 Å². The lowest BCUT2D eigenvalue weighted by Crippen LogP contribution is -2.24. The zero-order valence-corrected chi connectivity index (χ0v) is 14.1. The Labute approximate surface area is 143 Å². The summed E-state index contributed by atoms with van der Waals surface area (Å²) in [6, 6.07) is 8.64. The van der Waals surface area contributed by atoms with Gasteiger partial charge in [-0.05, 0) is 43.7 Å². The number of fused-ring (bicyclic) bond motifs is 1. The molecule has 3 rings (SSSR count). The fourth-order valence-electron chi connectivity index (χ4n) is 2.52. The Balaban J connectivity index is 2.08. The molecule has 5 nitrogen and oxygen atoms in total. The Hall–Kier alpha value is -2.66. The van der Waals surface area contributed by atoms with Crippen LogP contribution in [0.2, 0.25) is 5.02 Å². The fourth-order valence-corrected chi connectivity index (χ4v) is 2.69. The highest BCUT2D eigenvalue weighted by molar-refractivity contribution is 6.31. The molecular weight excluding hydrogens is 326 g/mol. The van der Waals surface area contributed by atoms with E-state index in [1.807, 2.05) is 24.5 Å². The number of nitrogens with zero attached hydrogens (tertiary/aromatic N) is 2. The van der Waals surface area contributed by atoms with Gasteiger partial charge in [0.25, 0.3) is 5.91 Å². The molecule has 0 aliphatic carbocycles. The van der Waals surface area contributed by atoms with Crippen LogP contribution in [0.1, 0.15) is 22.8 Å². The molecular formula is C18H16ClN3O2. The minimum Gasteiger partial charge on any atom is -0.347 e. The maximum absolute atomic E-state index is 12.7. The molecule has 0 aliphatic heterocycles. The van der Waals surface area contributed by atoms with E-state index >= 15 is 0 Å². The van der Waals surface area contributed by atoms with Crippen molar-refractivity contribution in [3.05, 3.63) is 69.1 Å². The van der Waals surface area contributed by atoms with Crippen molar-refractivity contribution in [2.75, 3.05) is 5.32 Å². The predicted molar refractivity (Wildman–Crippen MR) is 95.8 cm³/mol. The van der Waals surface area contributed by atoms with Crippen LogP contribution in [0.3, 0.4) is 0 Å². The van der Waals surface area contributed by atoms with Crippen LogP contribution < -0.4 is 10.7 Å². The standard InChI is InChI=1S/C18H16ClN3O2/c1-3-22-10-14(17(23)13-8-12(19)5-6-15(13)22)18(24)21-16-7-4-11(2)9-20-16/h4-10H,3H2,1-2H3,(H,20,21,24). The van der Waals surface area contributed by atoms with Gasteiger partial charge in [-0.2, -0.15) is 0 Å². The molecule has 2 aromatic heterocycles. The van der Waals surface area contributed by atoms with Crippen LogP contribution in [-0.2, 0) is 6.54 Å². The smallest absolute Gasteiger partial charge is 0.262 e. The summed E-state index contributed by atoms with van der Waals surface area (Å²) in [5, 5.41) is 3.54. The average molecular weight is 342 g/mol. The van der Waals surface area contributed by atoms with Crippen molar-refractivity contribution in [2.45, 2.75) is 20.4 Å². The number of amides is 1. The zero-order valence-electron chi connectivity index (χ0n) is 13.3. The van der Waals surface area contributed by atoms with Crippen molar-refractivity contribution < 1.29 is 4.79 Å². The molecule has 0 saturated carbocycles. The second-order valence-corrected chi connectivity index (χ2v) is 5.93. The summed E-state index contributed by atoms with van der Waals surface area (Å²) in [4.78, 5) is 29.3. The van der Waals surface area contributed by atoms with E-state index in [-0.39, 0.29) is 11.0 Å². The number of hydrogen-bond donors (Lipinski definition) is 1. The highest BCUT2D eigenvalue weighted by Crippen LogP contribution is 2.18. The number of nitrogens with one attached hydrogen (secondary N) is 1. The molecule has 0 saturated heterocycles. The summed E-state index contributed by atoms with van der Waals surface area (Å²) >= 11 is 6.00. The van der Waals surface area contributed by atoms with Gasteiger partial charge in [-0.15, -0.1) is 0 Å². The zero-order chi connectivity index (χ0) is 17.3. The number of hydrogen-bond acceptors (Lipinski definition) is 3. The number of aryl methyl sites for hydroxylation is 2. The maximum atomic E-state index is 12.7. The van der Waals surface area contributed by atoms with Gasteiger partial charge in [0.15, 0.2) is 0 Å². The second-order valence-electron chi connectivity index (χ2n) is 5.49. The molecule has 1 aromatic carbocycles. The van der Waals surface area contributed by atoms with E-state index in [1.165, 1.54) is 0 Å². The van der Waals surface area contributed by atoms with Gasteiger partial charge in [-0.1, -0.05) is 17.7 Å². The molecule has 0 unspecified atom stereocenters. The first-order valence-corrected chi connectivity index (χ1v) is 7.94. The highest BCUT2D eigenvalue weighted by atomic mass is 35.5. The Kier molecular flexibility index (Phi) is 4.36. The van der Waals surface area contributed by atoms with Gasteiger partial charge in [-0.25, -0.2) is 4.98 Å². The molecule has 0 radical (unpaired) electrons. The van der Waals surface area contributed by atoms with Crippen LogP contribution in [0.5, 0.6) is 0 Å². The van der Waals surface area contributed by atoms with E-state index in [2.05, 4.69) is 10.3 Å². The Bertz CT molecular complexity index is 978. The van der Waals surface area contributed by atoms with Gasteiger partial charge in [0.2, 0.25) is 5.43 Å². The fraction of sp³-hybridized carbons (Fsp3) is 0.167. The number of carbonyl (C=O) groups excluding carboxylic acids is 1. The summed E-state index contributed by atoms with van der Waals surface area (Å²) in [5.74, 6) is -0.0836. The Morgan fingerprint density at radius 2 is 2.08 bits per heavy atom. The molecule has 0 fully saturated rings. The Morgan fingerprint density at radius 1 is 1.29 bits per heavy atom. The average Bonchev–Trinajstić information content (AvgIpc) is 2.57. The first-order chi connectivity index (χ1) is 11.5. The largest absolute Gasteiger partial charge is 0.347 e. The van der Waals surface area contributed by atoms with Crippen molar-refractivity contribution in [1.82, 2.24) is 9.55 Å². The predicted octanol–water partition coefficient (Wildman–Crippen LogP) is 3.63. The topological polar surface area (TPSA) is 64.0 Å². The first-order valence-electron chi connectivity index (χ1n) is 7.56. The van der Waals surface area contributed by atoms with Crippen LogP contribution in [0.15, 0.2) is 47.5 Å². The first kappa shape index (κ1) is 16.2. The number of halogens is 1.